The summed E-state index contributed by atoms with van der Waals surface area (Å²) in [6, 6.07) is 10.2. The molecule has 0 radical (unpaired) electrons. The number of aryl methyl sites for hydroxylation is 1. The second kappa shape index (κ2) is 7.09. The average molecular weight is 373 g/mol. The molecule has 3 aromatic rings. The molecule has 0 saturated carbocycles. The van der Waals surface area contributed by atoms with Gasteiger partial charge in [0.1, 0.15) is 5.82 Å². The molecule has 0 unspecified atom stereocenters. The molecule has 0 aliphatic carbocycles. The minimum Gasteiger partial charge on any atom is -0.301 e. The molecule has 0 bridgehead atoms. The van der Waals surface area contributed by atoms with Crippen LogP contribution in [0.1, 0.15) is 15.9 Å². The number of aromatic nitrogens is 2. The average Bonchev–Trinajstić information content (AvgIpc) is 2.62. The Morgan fingerprint density at radius 2 is 1.73 bits per heavy atom. The van der Waals surface area contributed by atoms with E-state index in [1.807, 2.05) is 0 Å². The maximum atomic E-state index is 13.5. The Kier molecular flexibility index (Phi) is 4.86. The lowest BCUT2D eigenvalue weighted by Gasteiger charge is -2.11. The zero-order valence-corrected chi connectivity index (χ0v) is 14.5. The van der Waals surface area contributed by atoms with E-state index >= 15 is 0 Å². The molecule has 26 heavy (non-hydrogen) atoms. The lowest BCUT2D eigenvalue weighted by molar-refractivity contribution is 0.0970. The summed E-state index contributed by atoms with van der Waals surface area (Å²) >= 11 is 5.78. The number of benzene rings is 2. The highest BCUT2D eigenvalue weighted by atomic mass is 35.5. The first-order valence-corrected chi connectivity index (χ1v) is 8.12. The third-order valence-corrected chi connectivity index (χ3v) is 4.22. The van der Waals surface area contributed by atoms with Gasteiger partial charge in [0.15, 0.2) is 5.78 Å². The zero-order valence-electron chi connectivity index (χ0n) is 13.8. The van der Waals surface area contributed by atoms with Crippen LogP contribution in [0.5, 0.6) is 0 Å². The summed E-state index contributed by atoms with van der Waals surface area (Å²) in [5.41, 5.74) is -0.416. The van der Waals surface area contributed by atoms with Gasteiger partial charge < -0.3 is 4.57 Å². The predicted octanol–water partition coefficient (Wildman–Crippen LogP) is 2.98. The van der Waals surface area contributed by atoms with Gasteiger partial charge >= 0.3 is 11.1 Å². The van der Waals surface area contributed by atoms with E-state index in [-0.39, 0.29) is 18.0 Å². The van der Waals surface area contributed by atoms with Crippen LogP contribution in [-0.4, -0.2) is 14.9 Å². The first-order chi connectivity index (χ1) is 12.4. The Morgan fingerprint density at radius 3 is 2.42 bits per heavy atom. The molecule has 3 rings (SSSR count). The number of Topliss-reactive ketones (excluding diaryl/α,β-unsaturated/α-hetero) is 1. The molecule has 2 aromatic carbocycles. The van der Waals surface area contributed by atoms with Crippen LogP contribution in [0.3, 0.4) is 0 Å². The quantitative estimate of drug-likeness (QED) is 0.522. The molecular formula is C19H14ClFN2O3. The van der Waals surface area contributed by atoms with Gasteiger partial charge in [-0.05, 0) is 48.9 Å². The van der Waals surface area contributed by atoms with Crippen LogP contribution in [0.4, 0.5) is 4.39 Å². The summed E-state index contributed by atoms with van der Waals surface area (Å²) in [6.07, 6.45) is 2.68. The summed E-state index contributed by atoms with van der Waals surface area (Å²) < 4.78 is 15.6. The second-order valence-electron chi connectivity index (χ2n) is 5.77. The van der Waals surface area contributed by atoms with Gasteiger partial charge in [0, 0.05) is 23.0 Å². The fourth-order valence-electron chi connectivity index (χ4n) is 2.55. The molecule has 0 spiro atoms. The van der Waals surface area contributed by atoms with Crippen LogP contribution in [0.25, 0.3) is 5.69 Å². The molecule has 1 aromatic heterocycles. The number of carbonyl (C=O) groups is 1. The zero-order chi connectivity index (χ0) is 18.8. The Balaban J connectivity index is 1.96. The lowest BCUT2D eigenvalue weighted by atomic mass is 10.1. The van der Waals surface area contributed by atoms with Crippen LogP contribution in [0.15, 0.2) is 64.4 Å². The number of hydrogen-bond acceptors (Lipinski definition) is 3. The van der Waals surface area contributed by atoms with Crippen molar-refractivity contribution in [2.75, 3.05) is 0 Å². The highest BCUT2D eigenvalue weighted by molar-refractivity contribution is 6.30. The minimum absolute atomic E-state index is 0.279. The summed E-state index contributed by atoms with van der Waals surface area (Å²) in [7, 11) is 0. The van der Waals surface area contributed by atoms with Gasteiger partial charge in [-0.15, -0.1) is 0 Å². The summed E-state index contributed by atoms with van der Waals surface area (Å²) in [5, 5.41) is 0.492. The molecular weight excluding hydrogens is 359 g/mol. The van der Waals surface area contributed by atoms with E-state index in [1.165, 1.54) is 30.6 Å². The molecule has 0 fully saturated rings. The second-order valence-corrected chi connectivity index (χ2v) is 6.20. The third-order valence-electron chi connectivity index (χ3n) is 3.97. The Hall–Kier alpha value is -2.99. The van der Waals surface area contributed by atoms with Crippen molar-refractivity contribution in [2.45, 2.75) is 13.5 Å². The van der Waals surface area contributed by atoms with Crippen molar-refractivity contribution in [3.8, 4) is 5.69 Å². The SMILES string of the molecule is Cc1ccc(F)cc1-n1ccn(CC(=O)c2ccc(Cl)cc2)c(=O)c1=O. The Morgan fingerprint density at radius 1 is 1.04 bits per heavy atom. The highest BCUT2D eigenvalue weighted by Gasteiger charge is 2.13. The minimum atomic E-state index is -0.863. The van der Waals surface area contributed by atoms with Gasteiger partial charge in [-0.2, -0.15) is 0 Å². The summed E-state index contributed by atoms with van der Waals surface area (Å²) in [5.74, 6) is -0.845. The number of carbonyl (C=O) groups excluding carboxylic acids is 1. The standard InChI is InChI=1S/C19H14ClFN2O3/c1-12-2-7-15(21)10-16(12)23-9-8-22(18(25)19(23)26)11-17(24)13-3-5-14(20)6-4-13/h2-10H,11H2,1H3. The first kappa shape index (κ1) is 17.8. The van der Waals surface area contributed by atoms with Crippen molar-refractivity contribution in [2.24, 2.45) is 0 Å². The molecule has 0 amide bonds. The van der Waals surface area contributed by atoms with Crippen molar-refractivity contribution in [3.63, 3.8) is 0 Å². The number of rotatable bonds is 4. The van der Waals surface area contributed by atoms with Crippen molar-refractivity contribution >= 4 is 17.4 Å². The van der Waals surface area contributed by atoms with E-state index in [0.29, 0.717) is 16.1 Å². The number of nitrogens with zero attached hydrogens (tertiary/aromatic N) is 2. The molecule has 7 heteroatoms. The van der Waals surface area contributed by atoms with E-state index < -0.39 is 16.9 Å². The molecule has 0 saturated heterocycles. The van der Waals surface area contributed by atoms with Crippen molar-refractivity contribution in [1.29, 1.82) is 0 Å². The molecule has 0 atom stereocenters. The molecule has 0 N–H and O–H groups in total. The highest BCUT2D eigenvalue weighted by Crippen LogP contribution is 2.13. The Bertz CT molecular complexity index is 1100. The first-order valence-electron chi connectivity index (χ1n) is 7.74. The maximum absolute atomic E-state index is 13.5. The normalized spacial score (nSPS) is 10.7. The van der Waals surface area contributed by atoms with Crippen LogP contribution in [0, 0.1) is 12.7 Å². The maximum Gasteiger partial charge on any atom is 0.320 e. The van der Waals surface area contributed by atoms with E-state index in [9.17, 15) is 18.8 Å². The van der Waals surface area contributed by atoms with Crippen molar-refractivity contribution in [1.82, 2.24) is 9.13 Å². The van der Waals surface area contributed by atoms with Gasteiger partial charge in [-0.25, -0.2) is 4.39 Å². The van der Waals surface area contributed by atoms with E-state index in [1.54, 1.807) is 31.2 Å². The molecule has 0 aliphatic rings. The smallest absolute Gasteiger partial charge is 0.301 e. The topological polar surface area (TPSA) is 61.1 Å². The van der Waals surface area contributed by atoms with E-state index in [4.69, 9.17) is 11.6 Å². The van der Waals surface area contributed by atoms with E-state index in [0.717, 1.165) is 9.13 Å². The molecule has 5 nitrogen and oxygen atoms in total. The van der Waals surface area contributed by atoms with Gasteiger partial charge in [0.2, 0.25) is 0 Å². The molecule has 0 aliphatic heterocycles. The summed E-state index contributed by atoms with van der Waals surface area (Å²) in [4.78, 5) is 37.0. The van der Waals surface area contributed by atoms with Crippen molar-refractivity contribution < 1.29 is 9.18 Å². The van der Waals surface area contributed by atoms with E-state index in [2.05, 4.69) is 0 Å². The lowest BCUT2D eigenvalue weighted by Crippen LogP contribution is -2.41. The number of ketones is 1. The molecule has 1 heterocycles. The largest absolute Gasteiger partial charge is 0.320 e. The van der Waals surface area contributed by atoms with Crippen LogP contribution < -0.4 is 11.1 Å². The monoisotopic (exact) mass is 372 g/mol. The van der Waals surface area contributed by atoms with Gasteiger partial charge in [-0.3, -0.25) is 19.0 Å². The van der Waals surface area contributed by atoms with Crippen LogP contribution >= 0.6 is 11.6 Å². The third kappa shape index (κ3) is 3.50. The van der Waals surface area contributed by atoms with Crippen LogP contribution in [-0.2, 0) is 6.54 Å². The number of halogens is 2. The van der Waals surface area contributed by atoms with Crippen molar-refractivity contribution in [3.05, 3.63) is 97.5 Å². The fraction of sp³-hybridized carbons (Fsp3) is 0.105. The van der Waals surface area contributed by atoms with Crippen LogP contribution in [0.2, 0.25) is 5.02 Å². The van der Waals surface area contributed by atoms with Gasteiger partial charge in [-0.1, -0.05) is 17.7 Å². The molecule has 132 valence electrons. The van der Waals surface area contributed by atoms with Gasteiger partial charge in [0.25, 0.3) is 0 Å². The number of hydrogen-bond donors (Lipinski definition) is 0. The van der Waals surface area contributed by atoms with Gasteiger partial charge in [0.05, 0.1) is 12.2 Å². The Labute approximate surface area is 152 Å². The summed E-state index contributed by atoms with van der Waals surface area (Å²) in [6.45, 7) is 1.43. The predicted molar refractivity (Wildman–Crippen MR) is 96.8 cm³/mol. The fourth-order valence-corrected chi connectivity index (χ4v) is 2.67.